The van der Waals surface area contributed by atoms with Crippen LogP contribution in [-0.4, -0.2) is 17.7 Å². The number of hydrogen-bond donors (Lipinski definition) is 2. The van der Waals surface area contributed by atoms with Crippen molar-refractivity contribution in [2.45, 2.75) is 13.3 Å². The van der Waals surface area contributed by atoms with Crippen LogP contribution in [0.15, 0.2) is 35.7 Å². The zero-order chi connectivity index (χ0) is 15.2. The van der Waals surface area contributed by atoms with Gasteiger partial charge in [-0.05, 0) is 36.1 Å². The molecule has 0 bridgehead atoms. The number of nitrogens with one attached hydrogen (secondary N) is 2. The predicted octanol–water partition coefficient (Wildman–Crippen LogP) is 3.88. The molecule has 1 aromatic carbocycles. The summed E-state index contributed by atoms with van der Waals surface area (Å²) in [6, 6.07) is 8.98. The first-order valence-electron chi connectivity index (χ1n) is 6.41. The Labute approximate surface area is 132 Å². The van der Waals surface area contributed by atoms with Crippen molar-refractivity contribution in [3.63, 3.8) is 0 Å². The van der Waals surface area contributed by atoms with E-state index in [1.165, 1.54) is 11.3 Å². The number of anilines is 2. The summed E-state index contributed by atoms with van der Waals surface area (Å²) in [5.74, 6) is -0.0265. The Hall–Kier alpha value is -1.85. The van der Waals surface area contributed by atoms with Crippen molar-refractivity contribution >= 4 is 46.1 Å². The van der Waals surface area contributed by atoms with E-state index in [0.29, 0.717) is 16.3 Å². The molecule has 110 valence electrons. The van der Waals surface area contributed by atoms with E-state index < -0.39 is 0 Å². The van der Waals surface area contributed by atoms with Gasteiger partial charge in [-0.3, -0.25) is 9.59 Å². The molecule has 0 saturated carbocycles. The summed E-state index contributed by atoms with van der Waals surface area (Å²) in [4.78, 5) is 24.2. The molecule has 4 nitrogen and oxygen atoms in total. The molecule has 21 heavy (non-hydrogen) atoms. The van der Waals surface area contributed by atoms with Gasteiger partial charge >= 0.3 is 0 Å². The molecule has 0 aliphatic heterocycles. The second kappa shape index (κ2) is 7.24. The SMILES string of the molecule is Cc1ccc(NC(=O)c2cccs2)cc1NC(=O)CCCl. The number of amides is 2. The maximum Gasteiger partial charge on any atom is 0.265 e. The van der Waals surface area contributed by atoms with Gasteiger partial charge in [-0.2, -0.15) is 0 Å². The minimum atomic E-state index is -0.160. The Balaban J connectivity index is 2.11. The van der Waals surface area contributed by atoms with Gasteiger partial charge in [0, 0.05) is 23.7 Å². The van der Waals surface area contributed by atoms with Crippen molar-refractivity contribution in [3.05, 3.63) is 46.2 Å². The van der Waals surface area contributed by atoms with Crippen LogP contribution in [0.5, 0.6) is 0 Å². The fraction of sp³-hybridized carbons (Fsp3) is 0.200. The van der Waals surface area contributed by atoms with Crippen LogP contribution >= 0.6 is 22.9 Å². The molecule has 0 radical (unpaired) electrons. The van der Waals surface area contributed by atoms with E-state index in [0.717, 1.165) is 5.56 Å². The van der Waals surface area contributed by atoms with E-state index >= 15 is 0 Å². The van der Waals surface area contributed by atoms with Crippen LogP contribution in [0, 0.1) is 6.92 Å². The highest BCUT2D eigenvalue weighted by Crippen LogP contribution is 2.21. The van der Waals surface area contributed by atoms with Crippen molar-refractivity contribution in [2.75, 3.05) is 16.5 Å². The topological polar surface area (TPSA) is 58.2 Å². The van der Waals surface area contributed by atoms with Gasteiger partial charge < -0.3 is 10.6 Å². The first kappa shape index (κ1) is 15.5. The molecule has 1 heterocycles. The summed E-state index contributed by atoms with van der Waals surface area (Å²) in [5, 5.41) is 7.45. The van der Waals surface area contributed by atoms with Crippen molar-refractivity contribution in [1.82, 2.24) is 0 Å². The summed E-state index contributed by atoms with van der Waals surface area (Å²) in [6.07, 6.45) is 0.257. The van der Waals surface area contributed by atoms with Crippen LogP contribution in [-0.2, 0) is 4.79 Å². The zero-order valence-electron chi connectivity index (χ0n) is 11.5. The standard InChI is InChI=1S/C15H15ClN2O2S/c1-10-4-5-11(9-12(10)18-14(19)6-7-16)17-15(20)13-3-2-8-21-13/h2-5,8-9H,6-7H2,1H3,(H,17,20)(H,18,19). The Morgan fingerprint density at radius 1 is 1.24 bits per heavy atom. The van der Waals surface area contributed by atoms with Crippen molar-refractivity contribution < 1.29 is 9.59 Å². The van der Waals surface area contributed by atoms with E-state index in [2.05, 4.69) is 10.6 Å². The molecular formula is C15H15ClN2O2S. The largest absolute Gasteiger partial charge is 0.326 e. The smallest absolute Gasteiger partial charge is 0.265 e. The van der Waals surface area contributed by atoms with Crippen LogP contribution in [0.3, 0.4) is 0 Å². The summed E-state index contributed by atoms with van der Waals surface area (Å²) in [5.41, 5.74) is 2.24. The average Bonchev–Trinajstić information content (AvgIpc) is 2.97. The van der Waals surface area contributed by atoms with Gasteiger partial charge in [0.25, 0.3) is 5.91 Å². The van der Waals surface area contributed by atoms with Gasteiger partial charge in [-0.1, -0.05) is 12.1 Å². The third-order valence-corrected chi connectivity index (χ3v) is 3.89. The van der Waals surface area contributed by atoms with E-state index in [9.17, 15) is 9.59 Å². The fourth-order valence-corrected chi connectivity index (χ4v) is 2.52. The number of carbonyl (C=O) groups is 2. The van der Waals surface area contributed by atoms with Crippen molar-refractivity contribution in [3.8, 4) is 0 Å². The normalized spacial score (nSPS) is 10.2. The lowest BCUT2D eigenvalue weighted by molar-refractivity contribution is -0.115. The number of aryl methyl sites for hydroxylation is 1. The molecule has 0 aliphatic carbocycles. The van der Waals surface area contributed by atoms with Gasteiger partial charge in [0.2, 0.25) is 5.91 Å². The predicted molar refractivity (Wildman–Crippen MR) is 87.4 cm³/mol. The molecule has 2 aromatic rings. The number of halogens is 1. The van der Waals surface area contributed by atoms with Gasteiger partial charge in [-0.15, -0.1) is 22.9 Å². The molecule has 6 heteroatoms. The maximum absolute atomic E-state index is 12.0. The molecule has 2 amide bonds. The molecule has 0 spiro atoms. The Morgan fingerprint density at radius 3 is 2.71 bits per heavy atom. The van der Waals surface area contributed by atoms with E-state index in [1.807, 2.05) is 24.4 Å². The van der Waals surface area contributed by atoms with Crippen LogP contribution in [0.25, 0.3) is 0 Å². The highest BCUT2D eigenvalue weighted by atomic mass is 35.5. The molecule has 0 saturated heterocycles. The van der Waals surface area contributed by atoms with Crippen LogP contribution in [0.1, 0.15) is 21.7 Å². The van der Waals surface area contributed by atoms with Gasteiger partial charge in [-0.25, -0.2) is 0 Å². The molecule has 2 N–H and O–H groups in total. The lowest BCUT2D eigenvalue weighted by Gasteiger charge is -2.11. The minimum absolute atomic E-state index is 0.144. The van der Waals surface area contributed by atoms with Crippen LogP contribution in [0.2, 0.25) is 0 Å². The van der Waals surface area contributed by atoms with Gasteiger partial charge in [0.15, 0.2) is 0 Å². The molecule has 0 aliphatic rings. The number of hydrogen-bond acceptors (Lipinski definition) is 3. The molecule has 0 unspecified atom stereocenters. The first-order chi connectivity index (χ1) is 10.1. The highest BCUT2D eigenvalue weighted by molar-refractivity contribution is 7.12. The number of rotatable bonds is 5. The Bertz CT molecular complexity index is 641. The summed E-state index contributed by atoms with van der Waals surface area (Å²) < 4.78 is 0. The second-order valence-corrected chi connectivity index (χ2v) is 5.77. The quantitative estimate of drug-likeness (QED) is 0.821. The van der Waals surface area contributed by atoms with Gasteiger partial charge in [0.1, 0.15) is 0 Å². The lowest BCUT2D eigenvalue weighted by Crippen LogP contribution is -2.14. The molecule has 1 aromatic heterocycles. The lowest BCUT2D eigenvalue weighted by atomic mass is 10.1. The third kappa shape index (κ3) is 4.31. The monoisotopic (exact) mass is 322 g/mol. The first-order valence-corrected chi connectivity index (χ1v) is 7.83. The van der Waals surface area contributed by atoms with Crippen LogP contribution in [0.4, 0.5) is 11.4 Å². The summed E-state index contributed by atoms with van der Waals surface area (Å²) in [6.45, 7) is 1.89. The van der Waals surface area contributed by atoms with Gasteiger partial charge in [0.05, 0.1) is 4.88 Å². The van der Waals surface area contributed by atoms with E-state index in [1.54, 1.807) is 18.2 Å². The average molecular weight is 323 g/mol. The Kier molecular flexibility index (Phi) is 5.36. The Morgan fingerprint density at radius 2 is 2.05 bits per heavy atom. The van der Waals surface area contributed by atoms with Crippen LogP contribution < -0.4 is 10.6 Å². The zero-order valence-corrected chi connectivity index (χ0v) is 13.1. The molecule has 0 atom stereocenters. The molecule has 2 rings (SSSR count). The highest BCUT2D eigenvalue weighted by Gasteiger charge is 2.09. The molecule has 0 fully saturated rings. The summed E-state index contributed by atoms with van der Waals surface area (Å²) in [7, 11) is 0. The third-order valence-electron chi connectivity index (χ3n) is 2.84. The van der Waals surface area contributed by atoms with Crippen molar-refractivity contribution in [1.29, 1.82) is 0 Å². The molecular weight excluding hydrogens is 308 g/mol. The number of alkyl halides is 1. The number of thiophene rings is 1. The number of carbonyl (C=O) groups excluding carboxylic acids is 2. The van der Waals surface area contributed by atoms with Crippen molar-refractivity contribution in [2.24, 2.45) is 0 Å². The van der Waals surface area contributed by atoms with E-state index in [4.69, 9.17) is 11.6 Å². The maximum atomic E-state index is 12.0. The number of benzene rings is 1. The second-order valence-electron chi connectivity index (χ2n) is 4.45. The minimum Gasteiger partial charge on any atom is -0.326 e. The fourth-order valence-electron chi connectivity index (χ4n) is 1.73. The van der Waals surface area contributed by atoms with E-state index in [-0.39, 0.29) is 24.1 Å². The summed E-state index contributed by atoms with van der Waals surface area (Å²) >= 11 is 6.92.